The lowest BCUT2D eigenvalue weighted by atomic mass is 10.1. The van der Waals surface area contributed by atoms with Crippen molar-refractivity contribution in [3.05, 3.63) is 75.2 Å². The lowest BCUT2D eigenvalue weighted by Gasteiger charge is -2.17. The van der Waals surface area contributed by atoms with Gasteiger partial charge in [-0.3, -0.25) is 9.36 Å². The number of benzene rings is 2. The Bertz CT molecular complexity index is 999. The van der Waals surface area contributed by atoms with Crippen molar-refractivity contribution in [2.45, 2.75) is 13.0 Å². The van der Waals surface area contributed by atoms with Crippen molar-refractivity contribution >= 4 is 22.4 Å². The zero-order valence-electron chi connectivity index (χ0n) is 12.5. The van der Waals surface area contributed by atoms with Crippen molar-refractivity contribution in [2.24, 2.45) is 5.73 Å². The minimum atomic E-state index is -0.350. The number of pyridine rings is 1. The third kappa shape index (κ3) is 2.61. The van der Waals surface area contributed by atoms with Crippen molar-refractivity contribution in [3.8, 4) is 11.8 Å². The zero-order chi connectivity index (χ0) is 16.6. The van der Waals surface area contributed by atoms with Gasteiger partial charge in [-0.1, -0.05) is 29.8 Å². The Morgan fingerprint density at radius 3 is 2.65 bits per heavy atom. The van der Waals surface area contributed by atoms with Crippen molar-refractivity contribution in [2.75, 3.05) is 0 Å². The van der Waals surface area contributed by atoms with Crippen molar-refractivity contribution < 1.29 is 0 Å². The maximum absolute atomic E-state index is 13.0. The van der Waals surface area contributed by atoms with Crippen LogP contribution in [0.3, 0.4) is 0 Å². The molecule has 0 aliphatic rings. The standard InChI is InChI=1S/C18H14ClN3O/c1-11(21)16-9-13-5-3-7-15(19)17(13)18(23)22(16)14-6-2-4-12(8-14)10-20/h2-9,11H,21H2,1H3. The molecule has 0 saturated carbocycles. The van der Waals surface area contributed by atoms with Gasteiger partial charge in [-0.25, -0.2) is 0 Å². The van der Waals surface area contributed by atoms with E-state index in [4.69, 9.17) is 22.6 Å². The van der Waals surface area contributed by atoms with Gasteiger partial charge in [-0.2, -0.15) is 5.26 Å². The van der Waals surface area contributed by atoms with Crippen LogP contribution in [0.15, 0.2) is 53.3 Å². The summed E-state index contributed by atoms with van der Waals surface area (Å²) in [5.41, 5.74) is 7.57. The third-order valence-electron chi connectivity index (χ3n) is 3.72. The van der Waals surface area contributed by atoms with E-state index in [1.54, 1.807) is 36.4 Å². The van der Waals surface area contributed by atoms with Gasteiger partial charge in [0, 0.05) is 11.7 Å². The molecule has 0 amide bonds. The van der Waals surface area contributed by atoms with Crippen LogP contribution in [-0.2, 0) is 0 Å². The van der Waals surface area contributed by atoms with Crippen LogP contribution in [0, 0.1) is 11.3 Å². The van der Waals surface area contributed by atoms with Gasteiger partial charge < -0.3 is 5.73 Å². The van der Waals surface area contributed by atoms with Crippen LogP contribution in [0.2, 0.25) is 5.02 Å². The first-order valence-electron chi connectivity index (χ1n) is 7.13. The normalized spacial score (nSPS) is 12.1. The van der Waals surface area contributed by atoms with Crippen LogP contribution >= 0.6 is 11.6 Å². The smallest absolute Gasteiger partial charge is 0.264 e. The van der Waals surface area contributed by atoms with E-state index in [2.05, 4.69) is 6.07 Å². The Kier molecular flexibility index (Phi) is 3.91. The Morgan fingerprint density at radius 1 is 1.22 bits per heavy atom. The average Bonchev–Trinajstić information content (AvgIpc) is 2.54. The molecule has 1 aromatic heterocycles. The van der Waals surface area contributed by atoms with E-state index in [0.717, 1.165) is 5.39 Å². The summed E-state index contributed by atoms with van der Waals surface area (Å²) < 4.78 is 1.53. The highest BCUT2D eigenvalue weighted by Gasteiger charge is 2.15. The molecular formula is C18H14ClN3O. The summed E-state index contributed by atoms with van der Waals surface area (Å²) >= 11 is 6.22. The van der Waals surface area contributed by atoms with Crippen molar-refractivity contribution in [1.82, 2.24) is 4.57 Å². The van der Waals surface area contributed by atoms with E-state index < -0.39 is 0 Å². The van der Waals surface area contributed by atoms with Crippen molar-refractivity contribution in [1.29, 1.82) is 5.26 Å². The first-order valence-corrected chi connectivity index (χ1v) is 7.51. The maximum Gasteiger partial charge on any atom is 0.264 e. The second-order valence-electron chi connectivity index (χ2n) is 5.36. The quantitative estimate of drug-likeness (QED) is 0.784. The Morgan fingerprint density at radius 2 is 1.96 bits per heavy atom. The fraction of sp³-hybridized carbons (Fsp3) is 0.111. The van der Waals surface area contributed by atoms with E-state index in [0.29, 0.717) is 27.4 Å². The molecule has 3 aromatic rings. The fourth-order valence-electron chi connectivity index (χ4n) is 2.66. The summed E-state index contributed by atoms with van der Waals surface area (Å²) in [6.07, 6.45) is 0. The van der Waals surface area contributed by atoms with Gasteiger partial charge in [-0.05, 0) is 42.6 Å². The first kappa shape index (κ1) is 15.3. The average molecular weight is 324 g/mol. The number of fused-ring (bicyclic) bond motifs is 1. The molecular weight excluding hydrogens is 310 g/mol. The van der Waals surface area contributed by atoms with Crippen LogP contribution < -0.4 is 11.3 Å². The highest BCUT2D eigenvalue weighted by Crippen LogP contribution is 2.24. The maximum atomic E-state index is 13.0. The van der Waals surface area contributed by atoms with E-state index in [-0.39, 0.29) is 11.6 Å². The molecule has 0 aliphatic heterocycles. The number of nitrogens with zero attached hydrogens (tertiary/aromatic N) is 2. The molecule has 3 rings (SSSR count). The van der Waals surface area contributed by atoms with Crippen LogP contribution in [0.4, 0.5) is 0 Å². The molecule has 1 atom stereocenters. The topological polar surface area (TPSA) is 71.8 Å². The molecule has 1 heterocycles. The third-order valence-corrected chi connectivity index (χ3v) is 4.04. The summed E-state index contributed by atoms with van der Waals surface area (Å²) in [5, 5.41) is 10.7. The molecule has 5 heteroatoms. The second kappa shape index (κ2) is 5.88. The molecule has 0 fully saturated rings. The molecule has 0 saturated heterocycles. The minimum absolute atomic E-state index is 0.240. The van der Waals surface area contributed by atoms with Crippen LogP contribution in [-0.4, -0.2) is 4.57 Å². The molecule has 0 spiro atoms. The van der Waals surface area contributed by atoms with Gasteiger partial charge in [0.15, 0.2) is 0 Å². The molecule has 1 unspecified atom stereocenters. The second-order valence-corrected chi connectivity index (χ2v) is 5.77. The SMILES string of the molecule is CC(N)c1cc2cccc(Cl)c2c(=O)n1-c1cccc(C#N)c1. The Balaban J connectivity index is 2.45. The lowest BCUT2D eigenvalue weighted by Crippen LogP contribution is -2.25. The summed E-state index contributed by atoms with van der Waals surface area (Å²) in [5.74, 6) is 0. The Labute approximate surface area is 138 Å². The highest BCUT2D eigenvalue weighted by molar-refractivity contribution is 6.35. The summed E-state index contributed by atoms with van der Waals surface area (Å²) in [4.78, 5) is 13.0. The van der Waals surface area contributed by atoms with Gasteiger partial charge in [0.05, 0.1) is 27.7 Å². The molecule has 114 valence electrons. The molecule has 0 bridgehead atoms. The molecule has 23 heavy (non-hydrogen) atoms. The number of nitrogens with two attached hydrogens (primary N) is 1. The van der Waals surface area contributed by atoms with E-state index in [1.165, 1.54) is 4.57 Å². The number of aromatic nitrogens is 1. The van der Waals surface area contributed by atoms with E-state index in [9.17, 15) is 4.79 Å². The molecule has 2 N–H and O–H groups in total. The van der Waals surface area contributed by atoms with Crippen LogP contribution in [0.25, 0.3) is 16.5 Å². The Hall–Kier alpha value is -2.61. The number of hydrogen-bond acceptors (Lipinski definition) is 3. The monoisotopic (exact) mass is 323 g/mol. The van der Waals surface area contributed by atoms with Gasteiger partial charge >= 0.3 is 0 Å². The minimum Gasteiger partial charge on any atom is -0.323 e. The zero-order valence-corrected chi connectivity index (χ0v) is 13.2. The molecule has 0 aliphatic carbocycles. The highest BCUT2D eigenvalue weighted by atomic mass is 35.5. The number of nitriles is 1. The van der Waals surface area contributed by atoms with Crippen molar-refractivity contribution in [3.63, 3.8) is 0 Å². The summed E-state index contributed by atoms with van der Waals surface area (Å²) in [6.45, 7) is 1.82. The fourth-order valence-corrected chi connectivity index (χ4v) is 2.92. The van der Waals surface area contributed by atoms with Gasteiger partial charge in [-0.15, -0.1) is 0 Å². The summed E-state index contributed by atoms with van der Waals surface area (Å²) in [6, 6.07) is 15.8. The number of halogens is 1. The number of rotatable bonds is 2. The van der Waals surface area contributed by atoms with Gasteiger partial charge in [0.2, 0.25) is 0 Å². The molecule has 2 aromatic carbocycles. The largest absolute Gasteiger partial charge is 0.323 e. The van der Waals surface area contributed by atoms with Crippen LogP contribution in [0.1, 0.15) is 24.2 Å². The van der Waals surface area contributed by atoms with Gasteiger partial charge in [0.1, 0.15) is 0 Å². The summed E-state index contributed by atoms with van der Waals surface area (Å²) in [7, 11) is 0. The van der Waals surface area contributed by atoms with Crippen LogP contribution in [0.5, 0.6) is 0 Å². The molecule has 4 nitrogen and oxygen atoms in total. The molecule has 0 radical (unpaired) electrons. The first-order chi connectivity index (χ1) is 11.0. The predicted molar refractivity (Wildman–Crippen MR) is 91.9 cm³/mol. The van der Waals surface area contributed by atoms with E-state index in [1.807, 2.05) is 19.1 Å². The lowest BCUT2D eigenvalue weighted by molar-refractivity contribution is 0.734. The number of hydrogen-bond donors (Lipinski definition) is 1. The van der Waals surface area contributed by atoms with Gasteiger partial charge in [0.25, 0.3) is 5.56 Å². The van der Waals surface area contributed by atoms with E-state index >= 15 is 0 Å². The predicted octanol–water partition coefficient (Wildman–Crippen LogP) is 3.54.